The van der Waals surface area contributed by atoms with Gasteiger partial charge in [-0.05, 0) is 62.9 Å². The number of rotatable bonds is 6. The van der Waals surface area contributed by atoms with Crippen molar-refractivity contribution in [1.29, 1.82) is 0 Å². The van der Waals surface area contributed by atoms with Gasteiger partial charge in [0.25, 0.3) is 0 Å². The first-order chi connectivity index (χ1) is 15.6. The molecule has 1 N–H and O–H groups in total. The quantitative estimate of drug-likeness (QED) is 0.661. The van der Waals surface area contributed by atoms with Crippen LogP contribution < -0.4 is 10.2 Å². The lowest BCUT2D eigenvalue weighted by molar-refractivity contribution is 0.162. The average molecular weight is 456 g/mol. The van der Waals surface area contributed by atoms with Crippen LogP contribution >= 0.6 is 11.6 Å². The third kappa shape index (κ3) is 6.14. The third-order valence-corrected chi connectivity index (χ3v) is 6.97. The molecule has 172 valence electrons. The predicted octanol–water partition coefficient (Wildman–Crippen LogP) is 4.26. The molecule has 0 spiro atoms. The highest BCUT2D eigenvalue weighted by molar-refractivity contribution is 6.29. The molecule has 2 amide bonds. The molecule has 0 aliphatic carbocycles. The SMILES string of the molecule is C[C@@H]1CN(c2ccc(Cl)nc2)CCN1C(=O)NCCC1CCN(Cc2ccccc2)CC1. The number of anilines is 1. The minimum absolute atomic E-state index is 0.0629. The summed E-state index contributed by atoms with van der Waals surface area (Å²) in [5, 5.41) is 3.67. The molecule has 0 saturated carbocycles. The number of halogens is 1. The smallest absolute Gasteiger partial charge is 0.317 e. The topological polar surface area (TPSA) is 51.7 Å². The van der Waals surface area contributed by atoms with E-state index in [1.165, 1.54) is 18.4 Å². The van der Waals surface area contributed by atoms with Crippen molar-refractivity contribution >= 4 is 23.3 Å². The number of urea groups is 1. The maximum absolute atomic E-state index is 12.8. The summed E-state index contributed by atoms with van der Waals surface area (Å²) in [6.45, 7) is 8.52. The second-order valence-corrected chi connectivity index (χ2v) is 9.44. The fraction of sp³-hybridized carbons (Fsp3) is 0.520. The molecule has 7 heteroatoms. The van der Waals surface area contributed by atoms with Crippen LogP contribution in [-0.2, 0) is 6.54 Å². The maximum Gasteiger partial charge on any atom is 0.317 e. The van der Waals surface area contributed by atoms with Gasteiger partial charge in [-0.15, -0.1) is 0 Å². The van der Waals surface area contributed by atoms with E-state index in [0.717, 1.165) is 51.4 Å². The van der Waals surface area contributed by atoms with Gasteiger partial charge in [-0.25, -0.2) is 9.78 Å². The summed E-state index contributed by atoms with van der Waals surface area (Å²) in [6.07, 6.45) is 5.30. The Morgan fingerprint density at radius 3 is 2.56 bits per heavy atom. The van der Waals surface area contributed by atoms with Crippen LogP contribution in [0.4, 0.5) is 10.5 Å². The van der Waals surface area contributed by atoms with Crippen molar-refractivity contribution in [3.05, 3.63) is 59.4 Å². The van der Waals surface area contributed by atoms with Crippen LogP contribution in [0, 0.1) is 5.92 Å². The third-order valence-electron chi connectivity index (χ3n) is 6.75. The van der Waals surface area contributed by atoms with Gasteiger partial charge in [0.15, 0.2) is 0 Å². The van der Waals surface area contributed by atoms with E-state index < -0.39 is 0 Å². The van der Waals surface area contributed by atoms with Crippen LogP contribution in [0.3, 0.4) is 0 Å². The number of benzene rings is 1. The van der Waals surface area contributed by atoms with Gasteiger partial charge >= 0.3 is 6.03 Å². The van der Waals surface area contributed by atoms with E-state index >= 15 is 0 Å². The second-order valence-electron chi connectivity index (χ2n) is 9.05. The Hall–Kier alpha value is -2.31. The van der Waals surface area contributed by atoms with Gasteiger partial charge in [0.1, 0.15) is 5.15 Å². The zero-order valence-corrected chi connectivity index (χ0v) is 19.7. The molecule has 6 nitrogen and oxygen atoms in total. The number of hydrogen-bond donors (Lipinski definition) is 1. The van der Waals surface area contributed by atoms with E-state index in [0.29, 0.717) is 17.6 Å². The molecule has 0 radical (unpaired) electrons. The molecular formula is C25H34ClN5O. The summed E-state index contributed by atoms with van der Waals surface area (Å²) in [7, 11) is 0. The molecule has 1 atom stereocenters. The van der Waals surface area contributed by atoms with Gasteiger partial charge < -0.3 is 15.1 Å². The number of piperazine rings is 1. The zero-order chi connectivity index (χ0) is 22.3. The molecule has 2 aromatic rings. The van der Waals surface area contributed by atoms with E-state index in [9.17, 15) is 4.79 Å². The fourth-order valence-corrected chi connectivity index (χ4v) is 4.92. The molecule has 1 aromatic heterocycles. The van der Waals surface area contributed by atoms with E-state index in [2.05, 4.69) is 57.4 Å². The number of nitrogens with one attached hydrogen (secondary N) is 1. The van der Waals surface area contributed by atoms with Crippen molar-refractivity contribution in [1.82, 2.24) is 20.1 Å². The number of carbonyl (C=O) groups excluding carboxylic acids is 1. The minimum Gasteiger partial charge on any atom is -0.366 e. The summed E-state index contributed by atoms with van der Waals surface area (Å²) in [5.41, 5.74) is 2.44. The zero-order valence-electron chi connectivity index (χ0n) is 18.9. The predicted molar refractivity (Wildman–Crippen MR) is 130 cm³/mol. The lowest BCUT2D eigenvalue weighted by Gasteiger charge is -2.40. The molecule has 3 heterocycles. The van der Waals surface area contributed by atoms with Crippen molar-refractivity contribution in [2.75, 3.05) is 44.2 Å². The number of hydrogen-bond acceptors (Lipinski definition) is 4. The normalized spacial score (nSPS) is 20.4. The number of likely N-dealkylation sites (tertiary alicyclic amines) is 1. The maximum atomic E-state index is 12.8. The van der Waals surface area contributed by atoms with Crippen LogP contribution in [0.5, 0.6) is 0 Å². The highest BCUT2D eigenvalue weighted by atomic mass is 35.5. The molecule has 2 fully saturated rings. The molecular weight excluding hydrogens is 422 g/mol. The second kappa shape index (κ2) is 11.0. The summed E-state index contributed by atoms with van der Waals surface area (Å²) in [6, 6.07) is 14.7. The Kier molecular flexibility index (Phi) is 7.87. The molecule has 0 bridgehead atoms. The van der Waals surface area contributed by atoms with Gasteiger partial charge in [-0.1, -0.05) is 41.9 Å². The standard InChI is InChI=1S/C25H34ClN5O/c1-20-18-30(23-7-8-24(26)28-17-23)15-16-31(20)25(32)27-12-9-21-10-13-29(14-11-21)19-22-5-3-2-4-6-22/h2-8,17,20-21H,9-16,18-19H2,1H3,(H,27,32)/t20-/m1/s1. The Bertz CT molecular complexity index is 854. The van der Waals surface area contributed by atoms with Crippen molar-refractivity contribution in [2.45, 2.75) is 38.8 Å². The summed E-state index contributed by atoms with van der Waals surface area (Å²) >= 11 is 5.90. The Labute approximate surface area is 196 Å². The Morgan fingerprint density at radius 1 is 1.09 bits per heavy atom. The number of carbonyl (C=O) groups is 1. The van der Waals surface area contributed by atoms with Gasteiger partial charge in [0, 0.05) is 38.8 Å². The largest absolute Gasteiger partial charge is 0.366 e. The van der Waals surface area contributed by atoms with E-state index in [1.807, 2.05) is 17.0 Å². The first-order valence-corrected chi connectivity index (χ1v) is 12.1. The molecule has 4 rings (SSSR count). The first kappa shape index (κ1) is 22.9. The number of aromatic nitrogens is 1. The lowest BCUT2D eigenvalue weighted by atomic mass is 9.93. The molecule has 2 aliphatic heterocycles. The highest BCUT2D eigenvalue weighted by Gasteiger charge is 2.28. The lowest BCUT2D eigenvalue weighted by Crippen LogP contribution is -2.56. The van der Waals surface area contributed by atoms with Gasteiger partial charge in [-0.2, -0.15) is 0 Å². The number of pyridine rings is 1. The average Bonchev–Trinajstić information content (AvgIpc) is 2.81. The van der Waals surface area contributed by atoms with Gasteiger partial charge in [0.05, 0.1) is 11.9 Å². The fourth-order valence-electron chi connectivity index (χ4n) is 4.81. The van der Waals surface area contributed by atoms with Crippen molar-refractivity contribution in [3.8, 4) is 0 Å². The van der Waals surface area contributed by atoms with E-state index in [1.54, 1.807) is 6.20 Å². The Balaban J connectivity index is 1.14. The number of nitrogens with zero attached hydrogens (tertiary/aromatic N) is 4. The monoisotopic (exact) mass is 455 g/mol. The van der Waals surface area contributed by atoms with Gasteiger partial charge in [0.2, 0.25) is 0 Å². The van der Waals surface area contributed by atoms with Crippen molar-refractivity contribution in [2.24, 2.45) is 5.92 Å². The molecule has 2 saturated heterocycles. The van der Waals surface area contributed by atoms with Crippen LogP contribution in [0.15, 0.2) is 48.7 Å². The highest BCUT2D eigenvalue weighted by Crippen LogP contribution is 2.22. The van der Waals surface area contributed by atoms with E-state index in [-0.39, 0.29) is 12.1 Å². The first-order valence-electron chi connectivity index (χ1n) is 11.8. The van der Waals surface area contributed by atoms with Crippen LogP contribution in [0.25, 0.3) is 0 Å². The minimum atomic E-state index is 0.0629. The summed E-state index contributed by atoms with van der Waals surface area (Å²) in [4.78, 5) is 23.7. The molecule has 0 unspecified atom stereocenters. The van der Waals surface area contributed by atoms with Crippen LogP contribution in [0.1, 0.15) is 31.7 Å². The van der Waals surface area contributed by atoms with Crippen LogP contribution in [0.2, 0.25) is 5.15 Å². The number of amides is 2. The van der Waals surface area contributed by atoms with E-state index in [4.69, 9.17) is 11.6 Å². The Morgan fingerprint density at radius 2 is 1.88 bits per heavy atom. The van der Waals surface area contributed by atoms with Crippen LogP contribution in [-0.4, -0.2) is 66.1 Å². The van der Waals surface area contributed by atoms with Crippen molar-refractivity contribution < 1.29 is 4.79 Å². The summed E-state index contributed by atoms with van der Waals surface area (Å²) in [5.74, 6) is 0.703. The molecule has 1 aromatic carbocycles. The summed E-state index contributed by atoms with van der Waals surface area (Å²) < 4.78 is 0. The molecule has 2 aliphatic rings. The molecule has 32 heavy (non-hydrogen) atoms. The number of piperidine rings is 1. The van der Waals surface area contributed by atoms with Crippen molar-refractivity contribution in [3.63, 3.8) is 0 Å². The van der Waals surface area contributed by atoms with Gasteiger partial charge in [-0.3, -0.25) is 4.90 Å².